The van der Waals surface area contributed by atoms with Crippen LogP contribution in [0.2, 0.25) is 0 Å². The molecule has 2 aromatic rings. The third-order valence-corrected chi connectivity index (χ3v) is 2.53. The van der Waals surface area contributed by atoms with Gasteiger partial charge in [-0.2, -0.15) is 0 Å². The first-order chi connectivity index (χ1) is 8.61. The van der Waals surface area contributed by atoms with Gasteiger partial charge >= 0.3 is 0 Å². The number of nitrogen functional groups attached to an aromatic ring is 1. The number of alkyl halides is 2. The molecule has 0 saturated heterocycles. The number of nitrogens with zero attached hydrogens (tertiary/aromatic N) is 1. The zero-order valence-electron chi connectivity index (χ0n) is 9.31. The summed E-state index contributed by atoms with van der Waals surface area (Å²) in [6, 6.07) is 6.96. The van der Waals surface area contributed by atoms with Gasteiger partial charge < -0.3 is 5.73 Å². The molecule has 0 atom stereocenters. The topological polar surface area (TPSA) is 56.0 Å². The summed E-state index contributed by atoms with van der Waals surface area (Å²) in [6.45, 7) is 0. The van der Waals surface area contributed by atoms with E-state index in [-0.39, 0.29) is 22.4 Å². The number of hydrogen-bond donors (Lipinski definition) is 1. The highest BCUT2D eigenvalue weighted by molar-refractivity contribution is 6.13. The van der Waals surface area contributed by atoms with Crippen LogP contribution in [0.15, 0.2) is 42.7 Å². The Morgan fingerprint density at radius 3 is 2.44 bits per heavy atom. The minimum absolute atomic E-state index is 0.0506. The van der Waals surface area contributed by atoms with Crippen LogP contribution in [0.4, 0.5) is 14.5 Å². The fourth-order valence-electron chi connectivity index (χ4n) is 1.68. The molecule has 0 aliphatic rings. The number of anilines is 1. The lowest BCUT2D eigenvalue weighted by molar-refractivity contribution is 0.102. The van der Waals surface area contributed by atoms with Gasteiger partial charge in [0.15, 0.2) is 5.78 Å². The van der Waals surface area contributed by atoms with Crippen molar-refractivity contribution in [1.29, 1.82) is 0 Å². The second-order valence-corrected chi connectivity index (χ2v) is 3.68. The van der Waals surface area contributed by atoms with E-state index < -0.39 is 12.2 Å². The number of benzene rings is 1. The summed E-state index contributed by atoms with van der Waals surface area (Å²) in [5, 5.41) is 0. The van der Waals surface area contributed by atoms with Crippen molar-refractivity contribution in [3.05, 3.63) is 59.4 Å². The largest absolute Gasteiger partial charge is 0.398 e. The highest BCUT2D eigenvalue weighted by Gasteiger charge is 2.21. The fourth-order valence-corrected chi connectivity index (χ4v) is 1.68. The van der Waals surface area contributed by atoms with Crippen molar-refractivity contribution < 1.29 is 13.6 Å². The van der Waals surface area contributed by atoms with Crippen molar-refractivity contribution in [2.75, 3.05) is 5.73 Å². The summed E-state index contributed by atoms with van der Waals surface area (Å²) in [6.07, 6.45) is 0.109. The first-order valence-corrected chi connectivity index (χ1v) is 5.22. The summed E-state index contributed by atoms with van der Waals surface area (Å²) in [4.78, 5) is 15.9. The van der Waals surface area contributed by atoms with Crippen LogP contribution in [0, 0.1) is 0 Å². The number of nitrogens with two attached hydrogens (primary N) is 1. The summed E-state index contributed by atoms with van der Waals surface area (Å²) in [5.41, 5.74) is 5.47. The number of carbonyl (C=O) groups is 1. The first kappa shape index (κ1) is 12.2. The third-order valence-electron chi connectivity index (χ3n) is 2.53. The molecule has 1 aromatic carbocycles. The number of rotatable bonds is 3. The molecule has 92 valence electrons. The minimum Gasteiger partial charge on any atom is -0.398 e. The Balaban J connectivity index is 2.54. The Bertz CT molecular complexity index is 570. The summed E-state index contributed by atoms with van der Waals surface area (Å²) in [5.74, 6) is -0.522. The van der Waals surface area contributed by atoms with E-state index in [1.807, 2.05) is 0 Å². The predicted molar refractivity (Wildman–Crippen MR) is 63.5 cm³/mol. The maximum Gasteiger partial charge on any atom is 0.264 e. The van der Waals surface area contributed by atoms with Crippen molar-refractivity contribution in [3.8, 4) is 0 Å². The van der Waals surface area contributed by atoms with Crippen molar-refractivity contribution in [2.45, 2.75) is 6.43 Å². The molecule has 0 aliphatic heterocycles. The van der Waals surface area contributed by atoms with Crippen LogP contribution in [0.5, 0.6) is 0 Å². The summed E-state index contributed by atoms with van der Waals surface area (Å²) in [7, 11) is 0. The Kier molecular flexibility index (Phi) is 3.32. The van der Waals surface area contributed by atoms with Gasteiger partial charge in [-0.1, -0.05) is 12.1 Å². The average Bonchev–Trinajstić information content (AvgIpc) is 2.38. The van der Waals surface area contributed by atoms with Crippen LogP contribution in [-0.4, -0.2) is 10.8 Å². The quantitative estimate of drug-likeness (QED) is 0.671. The van der Waals surface area contributed by atoms with Gasteiger partial charge in [0.2, 0.25) is 0 Å². The van der Waals surface area contributed by atoms with Gasteiger partial charge in [0.25, 0.3) is 6.43 Å². The molecule has 0 bridgehead atoms. The Morgan fingerprint density at radius 2 is 1.83 bits per heavy atom. The maximum atomic E-state index is 12.9. The van der Waals surface area contributed by atoms with Crippen LogP contribution >= 0.6 is 0 Å². The molecular formula is C13H10F2N2O. The second kappa shape index (κ2) is 4.91. The standard InChI is InChI=1S/C13H10F2N2O/c14-13(15)9-2-1-3-10(16)11(9)12(18)8-4-6-17-7-5-8/h1-7,13H,16H2. The van der Waals surface area contributed by atoms with Crippen LogP contribution in [-0.2, 0) is 0 Å². The van der Waals surface area contributed by atoms with E-state index in [1.54, 1.807) is 0 Å². The van der Waals surface area contributed by atoms with E-state index in [0.29, 0.717) is 0 Å². The van der Waals surface area contributed by atoms with Gasteiger partial charge in [-0.15, -0.1) is 0 Å². The van der Waals surface area contributed by atoms with E-state index in [0.717, 1.165) is 0 Å². The van der Waals surface area contributed by atoms with Crippen molar-refractivity contribution in [2.24, 2.45) is 0 Å². The highest BCUT2D eigenvalue weighted by Crippen LogP contribution is 2.28. The van der Waals surface area contributed by atoms with E-state index in [2.05, 4.69) is 4.98 Å². The van der Waals surface area contributed by atoms with Crippen molar-refractivity contribution >= 4 is 11.5 Å². The number of hydrogen-bond acceptors (Lipinski definition) is 3. The molecule has 0 fully saturated rings. The van der Waals surface area contributed by atoms with Crippen molar-refractivity contribution in [1.82, 2.24) is 4.98 Å². The van der Waals surface area contributed by atoms with E-state index >= 15 is 0 Å². The number of aromatic nitrogens is 1. The monoisotopic (exact) mass is 248 g/mol. The van der Waals surface area contributed by atoms with Gasteiger partial charge in [-0.25, -0.2) is 8.78 Å². The molecule has 2 rings (SSSR count). The van der Waals surface area contributed by atoms with Crippen LogP contribution in [0.3, 0.4) is 0 Å². The Hall–Kier alpha value is -2.30. The van der Waals surface area contributed by atoms with Gasteiger partial charge in [0.1, 0.15) is 0 Å². The smallest absolute Gasteiger partial charge is 0.264 e. The molecule has 1 heterocycles. The average molecular weight is 248 g/mol. The summed E-state index contributed by atoms with van der Waals surface area (Å²) < 4.78 is 25.7. The molecule has 18 heavy (non-hydrogen) atoms. The Morgan fingerprint density at radius 1 is 1.17 bits per heavy atom. The molecule has 0 aliphatic carbocycles. The molecule has 0 radical (unpaired) electrons. The normalized spacial score (nSPS) is 10.6. The Labute approximate surface area is 102 Å². The van der Waals surface area contributed by atoms with Gasteiger partial charge in [-0.3, -0.25) is 9.78 Å². The predicted octanol–water partition coefficient (Wildman–Crippen LogP) is 2.83. The number of halogens is 2. The summed E-state index contributed by atoms with van der Waals surface area (Å²) >= 11 is 0. The molecule has 1 aromatic heterocycles. The molecule has 0 saturated carbocycles. The lowest BCUT2D eigenvalue weighted by Gasteiger charge is -2.10. The van der Waals surface area contributed by atoms with E-state index in [9.17, 15) is 13.6 Å². The van der Waals surface area contributed by atoms with E-state index in [1.165, 1.54) is 42.7 Å². The van der Waals surface area contributed by atoms with Crippen LogP contribution in [0.25, 0.3) is 0 Å². The third kappa shape index (κ3) is 2.20. The molecular weight excluding hydrogens is 238 g/mol. The molecule has 2 N–H and O–H groups in total. The van der Waals surface area contributed by atoms with Crippen LogP contribution in [0.1, 0.15) is 27.9 Å². The molecule has 3 nitrogen and oxygen atoms in total. The molecule has 0 spiro atoms. The minimum atomic E-state index is -2.74. The maximum absolute atomic E-state index is 12.9. The first-order valence-electron chi connectivity index (χ1n) is 5.22. The number of ketones is 1. The second-order valence-electron chi connectivity index (χ2n) is 3.68. The van der Waals surface area contributed by atoms with Gasteiger partial charge in [0.05, 0.1) is 5.56 Å². The fraction of sp³-hybridized carbons (Fsp3) is 0.0769. The van der Waals surface area contributed by atoms with Gasteiger partial charge in [-0.05, 0) is 18.2 Å². The van der Waals surface area contributed by atoms with Crippen molar-refractivity contribution in [3.63, 3.8) is 0 Å². The van der Waals surface area contributed by atoms with Gasteiger partial charge in [0, 0.05) is 29.2 Å². The molecule has 0 amide bonds. The van der Waals surface area contributed by atoms with E-state index in [4.69, 9.17) is 5.73 Å². The highest BCUT2D eigenvalue weighted by atomic mass is 19.3. The lowest BCUT2D eigenvalue weighted by Crippen LogP contribution is -2.09. The SMILES string of the molecule is Nc1cccc(C(F)F)c1C(=O)c1ccncc1. The van der Waals surface area contributed by atoms with Crippen LogP contribution < -0.4 is 5.73 Å². The number of pyridine rings is 1. The number of carbonyl (C=O) groups excluding carboxylic acids is 1. The lowest BCUT2D eigenvalue weighted by atomic mass is 9.97. The molecule has 0 unspecified atom stereocenters. The zero-order valence-corrected chi connectivity index (χ0v) is 9.31. The molecule has 5 heteroatoms. The zero-order chi connectivity index (χ0) is 13.1.